The van der Waals surface area contributed by atoms with Gasteiger partial charge in [-0.3, -0.25) is 14.4 Å². The number of carbonyl (C=O) groups is 5. The zero-order valence-corrected chi connectivity index (χ0v) is 24.7. The Balaban J connectivity index is 1.50. The SMILES string of the molecule is CC(C)C[C@H](NC(=O)Nc1ccc2c(c1)CC[C@@]21OC(=O)N(CC(=O)N(Cc2ccc(F)cc2)[C@@H](C)C(F)(F)F)C1=O)C(N)=O. The molecule has 45 heavy (non-hydrogen) atoms. The molecule has 1 spiro atoms. The number of alkyl halides is 3. The number of benzene rings is 2. The Kier molecular flexibility index (Phi) is 9.40. The Labute approximate surface area is 256 Å². The summed E-state index contributed by atoms with van der Waals surface area (Å²) in [6.45, 7) is 2.95. The van der Waals surface area contributed by atoms with Crippen molar-refractivity contribution in [3.8, 4) is 0 Å². The highest BCUT2D eigenvalue weighted by Crippen LogP contribution is 2.46. The van der Waals surface area contributed by atoms with E-state index >= 15 is 0 Å². The van der Waals surface area contributed by atoms with Gasteiger partial charge in [-0.05, 0) is 61.1 Å². The molecule has 6 amide bonds. The molecule has 3 atom stereocenters. The molecule has 0 aromatic heterocycles. The summed E-state index contributed by atoms with van der Waals surface area (Å²) in [6.07, 6.45) is -5.43. The van der Waals surface area contributed by atoms with Crippen LogP contribution in [0, 0.1) is 11.7 Å². The van der Waals surface area contributed by atoms with E-state index in [4.69, 9.17) is 10.5 Å². The van der Waals surface area contributed by atoms with Crippen LogP contribution in [0.15, 0.2) is 42.5 Å². The van der Waals surface area contributed by atoms with Crippen LogP contribution in [0.1, 0.15) is 50.3 Å². The van der Waals surface area contributed by atoms with Gasteiger partial charge in [0.1, 0.15) is 24.4 Å². The fraction of sp³-hybridized carbons (Fsp3) is 0.433. The summed E-state index contributed by atoms with van der Waals surface area (Å²) in [5, 5.41) is 5.11. The maximum Gasteiger partial charge on any atom is 0.418 e. The summed E-state index contributed by atoms with van der Waals surface area (Å²) in [6, 6.07) is 5.18. The van der Waals surface area contributed by atoms with Gasteiger partial charge in [0.25, 0.3) is 5.91 Å². The van der Waals surface area contributed by atoms with Gasteiger partial charge < -0.3 is 26.0 Å². The number of nitrogens with one attached hydrogen (secondary N) is 2. The number of nitrogens with two attached hydrogens (primary N) is 1. The first-order valence-electron chi connectivity index (χ1n) is 14.2. The van der Waals surface area contributed by atoms with Gasteiger partial charge in [0.05, 0.1) is 0 Å². The van der Waals surface area contributed by atoms with Crippen molar-refractivity contribution in [1.82, 2.24) is 15.1 Å². The average Bonchev–Trinajstić information content (AvgIpc) is 3.42. The van der Waals surface area contributed by atoms with Crippen LogP contribution in [0.2, 0.25) is 0 Å². The van der Waals surface area contributed by atoms with Crippen LogP contribution >= 0.6 is 0 Å². The molecule has 1 saturated heterocycles. The molecule has 0 radical (unpaired) electrons. The molecule has 4 rings (SSSR count). The van der Waals surface area contributed by atoms with Gasteiger partial charge >= 0.3 is 18.3 Å². The second-order valence-corrected chi connectivity index (χ2v) is 11.5. The fourth-order valence-electron chi connectivity index (χ4n) is 5.40. The summed E-state index contributed by atoms with van der Waals surface area (Å²) in [5.74, 6) is -3.28. The van der Waals surface area contributed by atoms with Crippen molar-refractivity contribution in [3.63, 3.8) is 0 Å². The zero-order chi connectivity index (χ0) is 33.3. The van der Waals surface area contributed by atoms with Crippen molar-refractivity contribution in [2.45, 2.75) is 70.4 Å². The van der Waals surface area contributed by atoms with Crippen molar-refractivity contribution in [2.75, 3.05) is 11.9 Å². The van der Waals surface area contributed by atoms with Gasteiger partial charge in [0.15, 0.2) is 0 Å². The number of nitrogens with zero attached hydrogens (tertiary/aromatic N) is 2. The number of imide groups is 1. The Morgan fingerprint density at radius 2 is 1.76 bits per heavy atom. The maximum atomic E-state index is 13.7. The first kappa shape index (κ1) is 33.2. The van der Waals surface area contributed by atoms with Crippen LogP contribution in [-0.2, 0) is 37.7 Å². The standard InChI is InChI=1S/C30H33F4N5O6/c1-16(2)12-23(25(35)41)37-27(43)36-21-8-9-22-19(13-21)10-11-29(22)26(42)39(28(44)45-29)15-24(40)38(17(3)30(32,33)34)14-18-4-6-20(31)7-5-18/h4-9,13,16-17,23H,10-12,14-15H2,1-3H3,(H2,35,41)(H2,36,37,43)/t17-,23-,29+/m0/s1. The quantitative estimate of drug-likeness (QED) is 0.337. The van der Waals surface area contributed by atoms with Crippen LogP contribution in [0.3, 0.4) is 0 Å². The second kappa shape index (κ2) is 12.7. The van der Waals surface area contributed by atoms with E-state index in [9.17, 15) is 41.5 Å². The van der Waals surface area contributed by atoms with Crippen LogP contribution in [0.25, 0.3) is 0 Å². The summed E-state index contributed by atoms with van der Waals surface area (Å²) < 4.78 is 59.9. The minimum atomic E-state index is -4.82. The molecule has 242 valence electrons. The molecule has 0 unspecified atom stereocenters. The zero-order valence-electron chi connectivity index (χ0n) is 24.7. The number of halogens is 4. The molecule has 2 aromatic rings. The highest BCUT2D eigenvalue weighted by atomic mass is 19.4. The van der Waals surface area contributed by atoms with Crippen molar-refractivity contribution < 1.29 is 46.3 Å². The number of hydrogen-bond donors (Lipinski definition) is 3. The third kappa shape index (κ3) is 7.18. The number of primary amides is 1. The number of amides is 6. The van der Waals surface area contributed by atoms with E-state index in [0.717, 1.165) is 19.1 Å². The minimum Gasteiger partial charge on any atom is -0.427 e. The molecule has 2 aliphatic rings. The van der Waals surface area contributed by atoms with Crippen molar-refractivity contribution in [1.29, 1.82) is 0 Å². The minimum absolute atomic E-state index is 0.00360. The number of aryl methyl sites for hydroxylation is 1. The van der Waals surface area contributed by atoms with Crippen molar-refractivity contribution in [2.24, 2.45) is 11.7 Å². The average molecular weight is 636 g/mol. The molecule has 1 aliphatic heterocycles. The lowest BCUT2D eigenvalue weighted by atomic mass is 9.94. The lowest BCUT2D eigenvalue weighted by molar-refractivity contribution is -0.187. The van der Waals surface area contributed by atoms with Gasteiger partial charge in [-0.2, -0.15) is 13.2 Å². The van der Waals surface area contributed by atoms with Gasteiger partial charge in [-0.15, -0.1) is 0 Å². The van der Waals surface area contributed by atoms with Gasteiger partial charge in [0, 0.05) is 24.2 Å². The molecule has 1 aliphatic carbocycles. The van der Waals surface area contributed by atoms with Gasteiger partial charge in [-0.25, -0.2) is 18.9 Å². The van der Waals surface area contributed by atoms with Crippen LogP contribution in [-0.4, -0.2) is 64.5 Å². The molecular weight excluding hydrogens is 602 g/mol. The summed E-state index contributed by atoms with van der Waals surface area (Å²) in [7, 11) is 0. The predicted molar refractivity (Wildman–Crippen MR) is 152 cm³/mol. The maximum absolute atomic E-state index is 13.7. The topological polar surface area (TPSA) is 151 Å². The molecule has 0 saturated carbocycles. The molecule has 2 aromatic carbocycles. The number of hydrogen-bond acceptors (Lipinski definition) is 6. The number of anilines is 1. The predicted octanol–water partition coefficient (Wildman–Crippen LogP) is 3.95. The van der Waals surface area contributed by atoms with E-state index in [1.54, 1.807) is 6.07 Å². The Morgan fingerprint density at radius 1 is 1.09 bits per heavy atom. The number of carbonyl (C=O) groups excluding carboxylic acids is 5. The Morgan fingerprint density at radius 3 is 2.36 bits per heavy atom. The molecule has 11 nitrogen and oxygen atoms in total. The van der Waals surface area contributed by atoms with Gasteiger partial charge in [0.2, 0.25) is 17.4 Å². The largest absolute Gasteiger partial charge is 0.427 e. The molecule has 15 heteroatoms. The Hall–Kier alpha value is -4.69. The van der Waals surface area contributed by atoms with Gasteiger partial charge in [-0.1, -0.05) is 32.0 Å². The normalized spacial score (nSPS) is 18.9. The molecule has 1 fully saturated rings. The second-order valence-electron chi connectivity index (χ2n) is 11.5. The highest BCUT2D eigenvalue weighted by Gasteiger charge is 2.58. The van der Waals surface area contributed by atoms with Crippen molar-refractivity contribution in [3.05, 3.63) is 65.0 Å². The highest BCUT2D eigenvalue weighted by molar-refractivity contribution is 6.06. The first-order chi connectivity index (χ1) is 21.0. The van der Waals surface area contributed by atoms with E-state index < -0.39 is 72.6 Å². The smallest absolute Gasteiger partial charge is 0.418 e. The number of rotatable bonds is 10. The number of fused-ring (bicyclic) bond motifs is 2. The van der Waals surface area contributed by atoms with E-state index in [1.165, 1.54) is 24.3 Å². The summed E-state index contributed by atoms with van der Waals surface area (Å²) >= 11 is 0. The third-order valence-electron chi connectivity index (χ3n) is 7.79. The Bertz CT molecular complexity index is 1500. The van der Waals surface area contributed by atoms with E-state index in [-0.39, 0.29) is 24.3 Å². The fourth-order valence-corrected chi connectivity index (χ4v) is 5.40. The van der Waals surface area contributed by atoms with Crippen LogP contribution in [0.4, 0.5) is 32.8 Å². The first-order valence-corrected chi connectivity index (χ1v) is 14.2. The molecular formula is C30H33F4N5O6. The summed E-state index contributed by atoms with van der Waals surface area (Å²) in [5.41, 5.74) is 4.97. The van der Waals surface area contributed by atoms with E-state index in [1.807, 2.05) is 13.8 Å². The van der Waals surface area contributed by atoms with E-state index in [0.29, 0.717) is 33.0 Å². The molecule has 1 heterocycles. The third-order valence-corrected chi connectivity index (χ3v) is 7.79. The van der Waals surface area contributed by atoms with Crippen LogP contribution < -0.4 is 16.4 Å². The summed E-state index contributed by atoms with van der Waals surface area (Å²) in [4.78, 5) is 64.8. The van der Waals surface area contributed by atoms with Crippen molar-refractivity contribution >= 4 is 35.5 Å². The lowest BCUT2D eigenvalue weighted by Crippen LogP contribution is -2.51. The molecule has 0 bridgehead atoms. The van der Waals surface area contributed by atoms with E-state index in [2.05, 4.69) is 10.6 Å². The molecule has 4 N–H and O–H groups in total. The number of ether oxygens (including phenoxy) is 1. The number of urea groups is 1. The monoisotopic (exact) mass is 635 g/mol. The lowest BCUT2D eigenvalue weighted by Gasteiger charge is -2.31. The van der Waals surface area contributed by atoms with Crippen LogP contribution in [0.5, 0.6) is 0 Å².